The van der Waals surface area contributed by atoms with E-state index in [2.05, 4.69) is 25.8 Å². The van der Waals surface area contributed by atoms with E-state index in [1.165, 1.54) is 0 Å². The minimum atomic E-state index is 0.366. The summed E-state index contributed by atoms with van der Waals surface area (Å²) in [5.74, 6) is 3.67. The summed E-state index contributed by atoms with van der Waals surface area (Å²) >= 11 is 0. The lowest BCUT2D eigenvalue weighted by atomic mass is 10.2. The second kappa shape index (κ2) is 9.04. The highest BCUT2D eigenvalue weighted by Crippen LogP contribution is 2.40. The van der Waals surface area contributed by atoms with Crippen LogP contribution in [0.3, 0.4) is 0 Å². The minimum absolute atomic E-state index is 0.366. The van der Waals surface area contributed by atoms with Gasteiger partial charge in [-0.3, -0.25) is 0 Å². The van der Waals surface area contributed by atoms with Gasteiger partial charge in [-0.1, -0.05) is 35.5 Å². The Morgan fingerprint density at radius 2 is 1.55 bits per heavy atom. The lowest BCUT2D eigenvalue weighted by Crippen LogP contribution is -2.01. The number of nitrogens with one attached hydrogen (secondary N) is 2. The highest BCUT2D eigenvalue weighted by molar-refractivity contribution is 5.67. The van der Waals surface area contributed by atoms with Crippen LogP contribution in [-0.2, 0) is 0 Å². The SMILES string of the molecule is COc1cc(Nc2ccnc(Nc3cc(-c4ccccc4)on3)n2)cc(OC)c1OC. The first kappa shape index (κ1) is 20.0. The molecule has 0 bridgehead atoms. The largest absolute Gasteiger partial charge is 0.493 e. The summed E-state index contributed by atoms with van der Waals surface area (Å²) in [7, 11) is 4.69. The zero-order chi connectivity index (χ0) is 21.6. The molecular formula is C22H21N5O4. The molecular weight excluding hydrogens is 398 g/mol. The highest BCUT2D eigenvalue weighted by Gasteiger charge is 2.14. The first-order chi connectivity index (χ1) is 15.2. The normalized spacial score (nSPS) is 10.4. The summed E-state index contributed by atoms with van der Waals surface area (Å²) < 4.78 is 21.5. The van der Waals surface area contributed by atoms with Crippen LogP contribution in [-0.4, -0.2) is 36.5 Å². The quantitative estimate of drug-likeness (QED) is 0.422. The molecule has 0 unspecified atom stereocenters. The Labute approximate surface area is 179 Å². The fraction of sp³-hybridized carbons (Fsp3) is 0.136. The maximum Gasteiger partial charge on any atom is 0.230 e. The van der Waals surface area contributed by atoms with Crippen LogP contribution in [0.15, 0.2) is 65.3 Å². The van der Waals surface area contributed by atoms with Crippen LogP contribution in [0, 0.1) is 0 Å². The van der Waals surface area contributed by atoms with Crippen LogP contribution >= 0.6 is 0 Å². The van der Waals surface area contributed by atoms with Crippen molar-refractivity contribution in [3.8, 4) is 28.6 Å². The smallest absolute Gasteiger partial charge is 0.230 e. The van der Waals surface area contributed by atoms with Crippen molar-refractivity contribution >= 4 is 23.3 Å². The van der Waals surface area contributed by atoms with Crippen molar-refractivity contribution in [2.45, 2.75) is 0 Å². The zero-order valence-electron chi connectivity index (χ0n) is 17.2. The fourth-order valence-electron chi connectivity index (χ4n) is 2.98. The Morgan fingerprint density at radius 3 is 2.23 bits per heavy atom. The van der Waals surface area contributed by atoms with Gasteiger partial charge in [-0.05, 0) is 6.07 Å². The third kappa shape index (κ3) is 4.50. The average Bonchev–Trinajstić information content (AvgIpc) is 3.27. The van der Waals surface area contributed by atoms with E-state index in [1.54, 1.807) is 51.8 Å². The first-order valence-corrected chi connectivity index (χ1v) is 9.39. The van der Waals surface area contributed by atoms with E-state index in [4.69, 9.17) is 18.7 Å². The number of aromatic nitrogens is 3. The van der Waals surface area contributed by atoms with Crippen molar-refractivity contribution < 1.29 is 18.7 Å². The molecule has 2 N–H and O–H groups in total. The number of hydrogen-bond acceptors (Lipinski definition) is 9. The molecule has 0 fully saturated rings. The van der Waals surface area contributed by atoms with E-state index in [1.807, 2.05) is 30.3 Å². The Balaban J connectivity index is 1.52. The predicted molar refractivity (Wildman–Crippen MR) is 117 cm³/mol. The molecule has 0 spiro atoms. The van der Waals surface area contributed by atoms with Crippen molar-refractivity contribution in [2.24, 2.45) is 0 Å². The maximum absolute atomic E-state index is 5.40. The van der Waals surface area contributed by atoms with Crippen LogP contribution < -0.4 is 24.8 Å². The van der Waals surface area contributed by atoms with Gasteiger partial charge in [0.1, 0.15) is 5.82 Å². The number of benzene rings is 2. The van der Waals surface area contributed by atoms with Crippen molar-refractivity contribution in [3.05, 3.63) is 60.8 Å². The average molecular weight is 419 g/mol. The van der Waals surface area contributed by atoms with Crippen LogP contribution in [0.25, 0.3) is 11.3 Å². The molecule has 0 saturated carbocycles. The Morgan fingerprint density at radius 1 is 0.806 bits per heavy atom. The molecule has 9 heteroatoms. The second-order valence-electron chi connectivity index (χ2n) is 6.37. The number of ether oxygens (including phenoxy) is 3. The Bertz CT molecular complexity index is 1140. The van der Waals surface area contributed by atoms with E-state index >= 15 is 0 Å². The third-order valence-electron chi connectivity index (χ3n) is 4.40. The van der Waals surface area contributed by atoms with Gasteiger partial charge >= 0.3 is 0 Å². The number of hydrogen-bond donors (Lipinski definition) is 2. The minimum Gasteiger partial charge on any atom is -0.493 e. The van der Waals surface area contributed by atoms with Gasteiger partial charge in [0, 0.05) is 35.6 Å². The molecule has 4 aromatic rings. The summed E-state index contributed by atoms with van der Waals surface area (Å²) in [5, 5.41) is 10.3. The summed E-state index contributed by atoms with van der Waals surface area (Å²) in [6.07, 6.45) is 1.63. The molecule has 31 heavy (non-hydrogen) atoms. The van der Waals surface area contributed by atoms with E-state index in [9.17, 15) is 0 Å². The third-order valence-corrected chi connectivity index (χ3v) is 4.40. The summed E-state index contributed by atoms with van der Waals surface area (Å²) in [5.41, 5.74) is 1.65. The first-order valence-electron chi connectivity index (χ1n) is 9.39. The van der Waals surface area contributed by atoms with Crippen LogP contribution in [0.1, 0.15) is 0 Å². The van der Waals surface area contributed by atoms with Gasteiger partial charge in [0.05, 0.1) is 21.3 Å². The number of methoxy groups -OCH3 is 3. The molecule has 0 aliphatic carbocycles. The number of nitrogens with zero attached hydrogens (tertiary/aromatic N) is 3. The van der Waals surface area contributed by atoms with E-state index in [-0.39, 0.29) is 0 Å². The van der Waals surface area contributed by atoms with Gasteiger partial charge in [0.2, 0.25) is 11.7 Å². The number of rotatable bonds is 8. The molecule has 0 amide bonds. The van der Waals surface area contributed by atoms with Crippen molar-refractivity contribution in [1.29, 1.82) is 0 Å². The molecule has 0 aliphatic heterocycles. The molecule has 158 valence electrons. The highest BCUT2D eigenvalue weighted by atomic mass is 16.5. The van der Waals surface area contributed by atoms with Crippen LogP contribution in [0.5, 0.6) is 17.2 Å². The van der Waals surface area contributed by atoms with Crippen molar-refractivity contribution in [2.75, 3.05) is 32.0 Å². The molecule has 0 radical (unpaired) electrons. The van der Waals surface area contributed by atoms with Gasteiger partial charge < -0.3 is 29.4 Å². The van der Waals surface area contributed by atoms with E-state index in [0.717, 1.165) is 5.56 Å². The molecule has 0 saturated heterocycles. The molecule has 0 aliphatic rings. The molecule has 2 aromatic heterocycles. The molecule has 4 rings (SSSR count). The molecule has 2 heterocycles. The summed E-state index contributed by atoms with van der Waals surface area (Å²) in [4.78, 5) is 8.71. The molecule has 9 nitrogen and oxygen atoms in total. The van der Waals surface area contributed by atoms with Crippen LogP contribution in [0.4, 0.5) is 23.3 Å². The van der Waals surface area contributed by atoms with Gasteiger partial charge in [0.25, 0.3) is 0 Å². The lowest BCUT2D eigenvalue weighted by Gasteiger charge is -2.15. The van der Waals surface area contributed by atoms with Gasteiger partial charge in [-0.2, -0.15) is 4.98 Å². The van der Waals surface area contributed by atoms with Gasteiger partial charge in [-0.25, -0.2) is 4.98 Å². The predicted octanol–water partition coefficient (Wildman–Crippen LogP) is 4.64. The Hall–Kier alpha value is -4.27. The summed E-state index contributed by atoms with van der Waals surface area (Å²) in [6.45, 7) is 0. The molecule has 0 atom stereocenters. The standard InChI is InChI=1S/C22H21N5O4/c1-28-17-11-15(12-18(29-2)21(17)30-3)24-19-9-10-23-22(25-19)26-20-13-16(31-27-20)14-7-5-4-6-8-14/h4-13H,1-3H3,(H2,23,24,25,26,27). The molecule has 2 aromatic carbocycles. The monoisotopic (exact) mass is 419 g/mol. The second-order valence-corrected chi connectivity index (χ2v) is 6.37. The van der Waals surface area contributed by atoms with Crippen molar-refractivity contribution in [3.63, 3.8) is 0 Å². The fourth-order valence-corrected chi connectivity index (χ4v) is 2.98. The van der Waals surface area contributed by atoms with Gasteiger partial charge in [0.15, 0.2) is 23.1 Å². The van der Waals surface area contributed by atoms with E-state index in [0.29, 0.717) is 46.3 Å². The van der Waals surface area contributed by atoms with E-state index < -0.39 is 0 Å². The summed E-state index contributed by atoms with van der Waals surface area (Å²) in [6, 6.07) is 16.8. The van der Waals surface area contributed by atoms with Gasteiger partial charge in [-0.15, -0.1) is 0 Å². The topological polar surface area (TPSA) is 104 Å². The zero-order valence-corrected chi connectivity index (χ0v) is 17.2. The lowest BCUT2D eigenvalue weighted by molar-refractivity contribution is 0.324. The van der Waals surface area contributed by atoms with Crippen molar-refractivity contribution in [1.82, 2.24) is 15.1 Å². The van der Waals surface area contributed by atoms with Crippen LogP contribution in [0.2, 0.25) is 0 Å². The maximum atomic E-state index is 5.40. The Kier molecular flexibility index (Phi) is 5.84. The number of anilines is 4.